The van der Waals surface area contributed by atoms with Crippen molar-refractivity contribution < 1.29 is 9.84 Å². The molecule has 5 nitrogen and oxygen atoms in total. The molecule has 2 aliphatic heterocycles. The van der Waals surface area contributed by atoms with Gasteiger partial charge in [0, 0.05) is 45.8 Å². The Labute approximate surface area is 180 Å². The van der Waals surface area contributed by atoms with Crippen molar-refractivity contribution in [2.45, 2.75) is 18.9 Å². The summed E-state index contributed by atoms with van der Waals surface area (Å²) in [6.45, 7) is 10.2. The molecular weight excluding hydrogens is 374 g/mol. The average molecular weight is 410 g/mol. The van der Waals surface area contributed by atoms with Gasteiger partial charge < -0.3 is 14.7 Å². The molecule has 1 unspecified atom stereocenters. The van der Waals surface area contributed by atoms with Crippen molar-refractivity contribution >= 4 is 0 Å². The van der Waals surface area contributed by atoms with Gasteiger partial charge in [-0.1, -0.05) is 42.5 Å². The van der Waals surface area contributed by atoms with E-state index in [2.05, 4.69) is 39.0 Å². The second-order valence-corrected chi connectivity index (χ2v) is 8.55. The summed E-state index contributed by atoms with van der Waals surface area (Å²) in [6.07, 6.45) is 2.27. The maximum absolute atomic E-state index is 10.4. The first-order valence-electron chi connectivity index (χ1n) is 11.4. The van der Waals surface area contributed by atoms with Gasteiger partial charge in [-0.15, -0.1) is 0 Å². The molecule has 0 amide bonds. The number of piperazine rings is 1. The molecule has 1 atom stereocenters. The molecule has 0 saturated carbocycles. The number of hydrogen-bond acceptors (Lipinski definition) is 5. The molecule has 2 aromatic carbocycles. The first kappa shape index (κ1) is 21.3. The van der Waals surface area contributed by atoms with Gasteiger partial charge in [0.15, 0.2) is 0 Å². The number of hydrogen-bond donors (Lipinski definition) is 1. The van der Waals surface area contributed by atoms with Crippen LogP contribution in [0.5, 0.6) is 5.75 Å². The van der Waals surface area contributed by atoms with Gasteiger partial charge in [0.2, 0.25) is 0 Å². The normalized spacial score (nSPS) is 19.8. The summed E-state index contributed by atoms with van der Waals surface area (Å²) in [7, 11) is 0. The summed E-state index contributed by atoms with van der Waals surface area (Å²) in [5.41, 5.74) is 2.37. The van der Waals surface area contributed by atoms with Crippen molar-refractivity contribution in [3.05, 3.63) is 54.6 Å². The largest absolute Gasteiger partial charge is 0.491 e. The fourth-order valence-electron chi connectivity index (χ4n) is 4.40. The van der Waals surface area contributed by atoms with Gasteiger partial charge in [-0.05, 0) is 49.2 Å². The smallest absolute Gasteiger partial charge is 0.119 e. The van der Waals surface area contributed by atoms with E-state index < -0.39 is 6.10 Å². The zero-order valence-corrected chi connectivity index (χ0v) is 18.0. The number of aliphatic hydroxyl groups excluding tert-OH is 1. The highest BCUT2D eigenvalue weighted by molar-refractivity contribution is 5.63. The lowest BCUT2D eigenvalue weighted by Gasteiger charge is -2.36. The fourth-order valence-corrected chi connectivity index (χ4v) is 4.40. The highest BCUT2D eigenvalue weighted by Gasteiger charge is 2.20. The molecule has 2 fully saturated rings. The number of likely N-dealkylation sites (tertiary alicyclic amines) is 1. The number of benzene rings is 2. The lowest BCUT2D eigenvalue weighted by Crippen LogP contribution is -2.50. The van der Waals surface area contributed by atoms with Gasteiger partial charge in [-0.3, -0.25) is 9.80 Å². The van der Waals surface area contributed by atoms with Crippen LogP contribution in [0.25, 0.3) is 11.1 Å². The summed E-state index contributed by atoms with van der Waals surface area (Å²) in [6, 6.07) is 18.4. The van der Waals surface area contributed by atoms with Crippen LogP contribution in [0.4, 0.5) is 0 Å². The lowest BCUT2D eigenvalue weighted by molar-refractivity contribution is 0.0446. The Bertz CT molecular complexity index is 739. The standard InChI is InChI=1S/C25H35N3O2/c29-24(20-28-18-16-27(17-19-28)15-14-26-12-4-5-13-26)21-30-25-10-8-23(9-11-25)22-6-2-1-3-7-22/h1-3,6-11,24,29H,4-5,12-21H2. The summed E-state index contributed by atoms with van der Waals surface area (Å²) < 4.78 is 5.82. The van der Waals surface area contributed by atoms with Gasteiger partial charge in [0.05, 0.1) is 0 Å². The van der Waals surface area contributed by atoms with Crippen molar-refractivity contribution in [2.75, 3.05) is 65.5 Å². The van der Waals surface area contributed by atoms with Crippen LogP contribution in [-0.4, -0.2) is 91.4 Å². The number of nitrogens with zero attached hydrogens (tertiary/aromatic N) is 3. The zero-order chi connectivity index (χ0) is 20.6. The minimum Gasteiger partial charge on any atom is -0.491 e. The van der Waals surface area contributed by atoms with E-state index in [1.165, 1.54) is 50.1 Å². The van der Waals surface area contributed by atoms with Crippen LogP contribution in [-0.2, 0) is 0 Å². The monoisotopic (exact) mass is 409 g/mol. The molecule has 4 rings (SSSR count). The van der Waals surface area contributed by atoms with E-state index >= 15 is 0 Å². The van der Waals surface area contributed by atoms with Crippen LogP contribution >= 0.6 is 0 Å². The van der Waals surface area contributed by atoms with Gasteiger partial charge >= 0.3 is 0 Å². The van der Waals surface area contributed by atoms with Gasteiger partial charge in [0.1, 0.15) is 18.5 Å². The number of β-amino-alcohol motifs (C(OH)–C–C–N with tert-alkyl or cyclic N) is 1. The summed E-state index contributed by atoms with van der Waals surface area (Å²) >= 11 is 0. The van der Waals surface area contributed by atoms with Crippen LogP contribution < -0.4 is 4.74 Å². The third-order valence-electron chi connectivity index (χ3n) is 6.27. The van der Waals surface area contributed by atoms with E-state index in [0.29, 0.717) is 13.2 Å². The van der Waals surface area contributed by atoms with Crippen molar-refractivity contribution in [3.8, 4) is 16.9 Å². The SMILES string of the molecule is OC(COc1ccc(-c2ccccc2)cc1)CN1CCN(CCN2CCCC2)CC1. The first-order chi connectivity index (χ1) is 14.8. The second-order valence-electron chi connectivity index (χ2n) is 8.55. The molecule has 30 heavy (non-hydrogen) atoms. The molecule has 2 aliphatic rings. The van der Waals surface area contributed by atoms with E-state index in [-0.39, 0.29) is 0 Å². The number of aliphatic hydroxyl groups is 1. The molecule has 2 aromatic rings. The Hall–Kier alpha value is -1.92. The van der Waals surface area contributed by atoms with Crippen LogP contribution in [0.2, 0.25) is 0 Å². The van der Waals surface area contributed by atoms with E-state index in [1.54, 1.807) is 0 Å². The molecule has 0 aromatic heterocycles. The quantitative estimate of drug-likeness (QED) is 0.690. The van der Waals surface area contributed by atoms with E-state index in [9.17, 15) is 5.11 Å². The van der Waals surface area contributed by atoms with Crippen molar-refractivity contribution in [3.63, 3.8) is 0 Å². The van der Waals surface area contributed by atoms with Crippen molar-refractivity contribution in [1.82, 2.24) is 14.7 Å². The number of rotatable bonds is 9. The molecular formula is C25H35N3O2. The zero-order valence-electron chi connectivity index (χ0n) is 18.0. The molecule has 0 radical (unpaired) electrons. The minimum atomic E-state index is -0.463. The van der Waals surface area contributed by atoms with E-state index in [4.69, 9.17) is 4.74 Å². The Morgan fingerprint density at radius 2 is 1.27 bits per heavy atom. The summed E-state index contributed by atoms with van der Waals surface area (Å²) in [5.74, 6) is 0.806. The lowest BCUT2D eigenvalue weighted by atomic mass is 10.1. The average Bonchev–Trinajstić information content (AvgIpc) is 3.32. The third-order valence-corrected chi connectivity index (χ3v) is 6.27. The molecule has 5 heteroatoms. The third kappa shape index (κ3) is 6.29. The maximum Gasteiger partial charge on any atom is 0.119 e. The summed E-state index contributed by atoms with van der Waals surface area (Å²) in [5, 5.41) is 10.4. The Morgan fingerprint density at radius 1 is 0.700 bits per heavy atom. The highest BCUT2D eigenvalue weighted by Crippen LogP contribution is 2.22. The predicted molar refractivity (Wildman–Crippen MR) is 122 cm³/mol. The number of ether oxygens (including phenoxy) is 1. The van der Waals surface area contributed by atoms with E-state index in [1.807, 2.05) is 30.3 Å². The first-order valence-corrected chi connectivity index (χ1v) is 11.4. The predicted octanol–water partition coefficient (Wildman–Crippen LogP) is 2.81. The van der Waals surface area contributed by atoms with Gasteiger partial charge in [-0.2, -0.15) is 0 Å². The molecule has 162 valence electrons. The highest BCUT2D eigenvalue weighted by atomic mass is 16.5. The molecule has 0 bridgehead atoms. The molecule has 0 spiro atoms. The molecule has 2 saturated heterocycles. The molecule has 1 N–H and O–H groups in total. The minimum absolute atomic E-state index is 0.333. The van der Waals surface area contributed by atoms with Gasteiger partial charge in [0.25, 0.3) is 0 Å². The Kier molecular flexibility index (Phi) is 7.76. The molecule has 0 aliphatic carbocycles. The Morgan fingerprint density at radius 3 is 1.93 bits per heavy atom. The van der Waals surface area contributed by atoms with Crippen LogP contribution in [0.1, 0.15) is 12.8 Å². The maximum atomic E-state index is 10.4. The Balaban J connectivity index is 1.13. The van der Waals surface area contributed by atoms with Crippen LogP contribution in [0.15, 0.2) is 54.6 Å². The topological polar surface area (TPSA) is 39.2 Å². The second kappa shape index (κ2) is 10.9. The summed E-state index contributed by atoms with van der Waals surface area (Å²) in [4.78, 5) is 7.50. The van der Waals surface area contributed by atoms with Crippen molar-refractivity contribution in [2.24, 2.45) is 0 Å². The van der Waals surface area contributed by atoms with Crippen molar-refractivity contribution in [1.29, 1.82) is 0 Å². The van der Waals surface area contributed by atoms with E-state index in [0.717, 1.165) is 31.9 Å². The molecule has 2 heterocycles. The van der Waals surface area contributed by atoms with Gasteiger partial charge in [-0.25, -0.2) is 0 Å². The fraction of sp³-hybridized carbons (Fsp3) is 0.520. The van der Waals surface area contributed by atoms with Crippen LogP contribution in [0.3, 0.4) is 0 Å². The van der Waals surface area contributed by atoms with Crippen LogP contribution in [0, 0.1) is 0 Å².